The van der Waals surface area contributed by atoms with Crippen molar-refractivity contribution in [3.63, 3.8) is 0 Å². The van der Waals surface area contributed by atoms with E-state index in [0.29, 0.717) is 18.0 Å². The molecule has 1 saturated heterocycles. The predicted octanol–water partition coefficient (Wildman–Crippen LogP) is 2.57. The van der Waals surface area contributed by atoms with Crippen LogP contribution in [0, 0.1) is 0 Å². The summed E-state index contributed by atoms with van der Waals surface area (Å²) in [5.74, 6) is 0. The Morgan fingerprint density at radius 3 is 2.24 bits per heavy atom. The molecular formula is C16H26N2O2S. The first-order valence-corrected chi connectivity index (χ1v) is 9.36. The molecule has 21 heavy (non-hydrogen) atoms. The van der Waals surface area contributed by atoms with E-state index in [1.54, 1.807) is 28.6 Å². The van der Waals surface area contributed by atoms with Gasteiger partial charge in [0.05, 0.1) is 4.90 Å². The summed E-state index contributed by atoms with van der Waals surface area (Å²) in [7, 11) is -3.31. The monoisotopic (exact) mass is 310 g/mol. The Bertz CT molecular complexity index is 508. The van der Waals surface area contributed by atoms with Crippen LogP contribution in [-0.4, -0.2) is 50.3 Å². The number of unbranched alkanes of at least 4 members (excludes halogenated alkanes) is 3. The van der Waals surface area contributed by atoms with E-state index in [2.05, 4.69) is 11.8 Å². The molecule has 0 amide bonds. The lowest BCUT2D eigenvalue weighted by atomic mass is 10.2. The van der Waals surface area contributed by atoms with E-state index in [0.717, 1.165) is 19.6 Å². The highest BCUT2D eigenvalue weighted by Crippen LogP contribution is 2.17. The van der Waals surface area contributed by atoms with Crippen LogP contribution in [0.5, 0.6) is 0 Å². The van der Waals surface area contributed by atoms with Crippen molar-refractivity contribution < 1.29 is 8.42 Å². The van der Waals surface area contributed by atoms with E-state index in [9.17, 15) is 8.42 Å². The first-order chi connectivity index (χ1) is 10.1. The molecule has 0 unspecified atom stereocenters. The Labute approximate surface area is 128 Å². The van der Waals surface area contributed by atoms with Gasteiger partial charge in [0, 0.05) is 26.2 Å². The van der Waals surface area contributed by atoms with Gasteiger partial charge in [-0.1, -0.05) is 44.4 Å². The fraction of sp³-hybridized carbons (Fsp3) is 0.625. The molecule has 0 saturated carbocycles. The number of hydrogen-bond donors (Lipinski definition) is 0. The standard InChI is InChI=1S/C16H26N2O2S/c1-2-3-4-8-11-17-12-14-18(15-13-17)21(19,20)16-9-6-5-7-10-16/h5-7,9-10H,2-4,8,11-15H2,1H3. The molecule has 1 aliphatic heterocycles. The van der Waals surface area contributed by atoms with Crippen molar-refractivity contribution in [2.75, 3.05) is 32.7 Å². The smallest absolute Gasteiger partial charge is 0.243 e. The number of piperazine rings is 1. The van der Waals surface area contributed by atoms with E-state index < -0.39 is 10.0 Å². The summed E-state index contributed by atoms with van der Waals surface area (Å²) in [6.45, 7) is 6.21. The zero-order chi connectivity index (χ0) is 15.1. The van der Waals surface area contributed by atoms with Crippen molar-refractivity contribution >= 4 is 10.0 Å². The molecule has 1 aromatic carbocycles. The number of rotatable bonds is 7. The van der Waals surface area contributed by atoms with Crippen LogP contribution >= 0.6 is 0 Å². The van der Waals surface area contributed by atoms with Gasteiger partial charge in [-0.05, 0) is 25.1 Å². The summed E-state index contributed by atoms with van der Waals surface area (Å²) in [6, 6.07) is 8.74. The fourth-order valence-corrected chi connectivity index (χ4v) is 4.14. The van der Waals surface area contributed by atoms with Crippen LogP contribution in [0.2, 0.25) is 0 Å². The number of hydrogen-bond acceptors (Lipinski definition) is 3. The Hall–Kier alpha value is -0.910. The minimum Gasteiger partial charge on any atom is -0.301 e. The van der Waals surface area contributed by atoms with Crippen LogP contribution < -0.4 is 0 Å². The Kier molecular flexibility index (Phi) is 6.21. The van der Waals surface area contributed by atoms with Crippen molar-refractivity contribution in [2.24, 2.45) is 0 Å². The van der Waals surface area contributed by atoms with Gasteiger partial charge in [0.25, 0.3) is 0 Å². The molecule has 1 heterocycles. The van der Waals surface area contributed by atoms with Gasteiger partial charge in [-0.15, -0.1) is 0 Å². The summed E-state index contributed by atoms with van der Waals surface area (Å²) in [5.41, 5.74) is 0. The van der Waals surface area contributed by atoms with Crippen LogP contribution in [0.4, 0.5) is 0 Å². The van der Waals surface area contributed by atoms with Gasteiger partial charge in [0.1, 0.15) is 0 Å². The van der Waals surface area contributed by atoms with Gasteiger partial charge in [-0.25, -0.2) is 8.42 Å². The molecule has 2 rings (SSSR count). The quantitative estimate of drug-likeness (QED) is 0.727. The third-order valence-electron chi connectivity index (χ3n) is 4.04. The average molecular weight is 310 g/mol. The average Bonchev–Trinajstić information content (AvgIpc) is 2.53. The lowest BCUT2D eigenvalue weighted by molar-refractivity contribution is 0.185. The molecule has 0 aliphatic carbocycles. The van der Waals surface area contributed by atoms with Gasteiger partial charge < -0.3 is 4.90 Å². The Morgan fingerprint density at radius 1 is 0.952 bits per heavy atom. The number of nitrogens with zero attached hydrogens (tertiary/aromatic N) is 2. The van der Waals surface area contributed by atoms with Gasteiger partial charge in [0.15, 0.2) is 0 Å². The highest BCUT2D eigenvalue weighted by Gasteiger charge is 2.27. The molecule has 0 N–H and O–H groups in total. The van der Waals surface area contributed by atoms with Crippen LogP contribution in [-0.2, 0) is 10.0 Å². The predicted molar refractivity (Wildman–Crippen MR) is 85.8 cm³/mol. The summed E-state index contributed by atoms with van der Waals surface area (Å²) in [5, 5.41) is 0. The van der Waals surface area contributed by atoms with Crippen molar-refractivity contribution in [1.29, 1.82) is 0 Å². The second-order valence-corrected chi connectivity index (χ2v) is 7.56. The van der Waals surface area contributed by atoms with E-state index in [1.165, 1.54) is 25.7 Å². The largest absolute Gasteiger partial charge is 0.301 e. The zero-order valence-electron chi connectivity index (χ0n) is 12.9. The Balaban J connectivity index is 1.83. The third-order valence-corrected chi connectivity index (χ3v) is 5.95. The zero-order valence-corrected chi connectivity index (χ0v) is 13.7. The molecule has 0 radical (unpaired) electrons. The molecule has 4 nitrogen and oxygen atoms in total. The topological polar surface area (TPSA) is 40.6 Å². The minimum atomic E-state index is -3.31. The Morgan fingerprint density at radius 2 is 1.62 bits per heavy atom. The van der Waals surface area contributed by atoms with Crippen LogP contribution in [0.3, 0.4) is 0 Å². The summed E-state index contributed by atoms with van der Waals surface area (Å²) >= 11 is 0. The molecule has 5 heteroatoms. The second-order valence-electron chi connectivity index (χ2n) is 5.62. The first kappa shape index (κ1) is 16.5. The van der Waals surface area contributed by atoms with Gasteiger partial charge >= 0.3 is 0 Å². The number of sulfonamides is 1. The molecule has 1 aromatic rings. The molecule has 0 aromatic heterocycles. The SMILES string of the molecule is CCCCCCN1CCN(S(=O)(=O)c2ccccc2)CC1. The summed E-state index contributed by atoms with van der Waals surface area (Å²) in [4.78, 5) is 2.79. The maximum Gasteiger partial charge on any atom is 0.243 e. The second kappa shape index (κ2) is 7.92. The van der Waals surface area contributed by atoms with Crippen molar-refractivity contribution in [2.45, 2.75) is 37.5 Å². The lowest BCUT2D eigenvalue weighted by Gasteiger charge is -2.34. The minimum absolute atomic E-state index is 0.404. The van der Waals surface area contributed by atoms with Gasteiger partial charge in [0.2, 0.25) is 10.0 Å². The molecule has 1 aliphatic rings. The van der Waals surface area contributed by atoms with E-state index in [1.807, 2.05) is 6.07 Å². The molecular weight excluding hydrogens is 284 g/mol. The number of benzene rings is 1. The highest BCUT2D eigenvalue weighted by molar-refractivity contribution is 7.89. The molecule has 0 bridgehead atoms. The normalized spacial score (nSPS) is 18.0. The molecule has 0 atom stereocenters. The first-order valence-electron chi connectivity index (χ1n) is 7.92. The van der Waals surface area contributed by atoms with E-state index in [4.69, 9.17) is 0 Å². The van der Waals surface area contributed by atoms with E-state index in [-0.39, 0.29) is 0 Å². The third kappa shape index (κ3) is 4.53. The van der Waals surface area contributed by atoms with Gasteiger partial charge in [-0.3, -0.25) is 0 Å². The molecule has 1 fully saturated rings. The summed E-state index contributed by atoms with van der Waals surface area (Å²) in [6.07, 6.45) is 5.05. The maximum absolute atomic E-state index is 12.5. The van der Waals surface area contributed by atoms with E-state index >= 15 is 0 Å². The maximum atomic E-state index is 12.5. The molecule has 0 spiro atoms. The van der Waals surface area contributed by atoms with Crippen molar-refractivity contribution in [1.82, 2.24) is 9.21 Å². The van der Waals surface area contributed by atoms with Crippen molar-refractivity contribution in [3.8, 4) is 0 Å². The lowest BCUT2D eigenvalue weighted by Crippen LogP contribution is -2.48. The van der Waals surface area contributed by atoms with Crippen molar-refractivity contribution in [3.05, 3.63) is 30.3 Å². The van der Waals surface area contributed by atoms with Crippen LogP contribution in [0.1, 0.15) is 32.6 Å². The van der Waals surface area contributed by atoms with Crippen LogP contribution in [0.25, 0.3) is 0 Å². The molecule has 118 valence electrons. The van der Waals surface area contributed by atoms with Gasteiger partial charge in [-0.2, -0.15) is 4.31 Å². The van der Waals surface area contributed by atoms with Crippen LogP contribution in [0.15, 0.2) is 35.2 Å². The fourth-order valence-electron chi connectivity index (χ4n) is 2.70. The highest BCUT2D eigenvalue weighted by atomic mass is 32.2. The summed E-state index contributed by atoms with van der Waals surface area (Å²) < 4.78 is 26.6.